The number of methoxy groups -OCH3 is 1. The van der Waals surface area contributed by atoms with E-state index in [1.54, 1.807) is 18.4 Å². The zero-order chi connectivity index (χ0) is 20.7. The third kappa shape index (κ3) is 3.54. The highest BCUT2D eigenvalue weighted by Crippen LogP contribution is 2.30. The Kier molecular flexibility index (Phi) is 4.92. The third-order valence-electron chi connectivity index (χ3n) is 5.05. The van der Waals surface area contributed by atoms with Gasteiger partial charge in [0.1, 0.15) is 5.75 Å². The van der Waals surface area contributed by atoms with E-state index >= 15 is 0 Å². The number of thiazole rings is 1. The lowest BCUT2D eigenvalue weighted by atomic mass is 10.2. The molecule has 0 aliphatic carbocycles. The van der Waals surface area contributed by atoms with Crippen LogP contribution in [0.2, 0.25) is 0 Å². The number of hydrogen-bond acceptors (Lipinski definition) is 5. The van der Waals surface area contributed by atoms with Gasteiger partial charge in [0.2, 0.25) is 4.96 Å². The van der Waals surface area contributed by atoms with E-state index in [1.165, 1.54) is 0 Å². The van der Waals surface area contributed by atoms with Gasteiger partial charge in [-0.3, -0.25) is 0 Å². The van der Waals surface area contributed by atoms with E-state index in [-0.39, 0.29) is 6.03 Å². The van der Waals surface area contributed by atoms with Crippen LogP contribution in [-0.2, 0) is 13.0 Å². The molecule has 0 unspecified atom stereocenters. The van der Waals surface area contributed by atoms with Crippen molar-refractivity contribution in [2.45, 2.75) is 13.0 Å². The van der Waals surface area contributed by atoms with Crippen LogP contribution in [0, 0.1) is 0 Å². The number of carbonyl (C=O) groups excluding carboxylic acids is 1. The first-order chi connectivity index (χ1) is 14.6. The number of nitrogens with zero attached hydrogens (tertiary/aromatic N) is 4. The van der Waals surface area contributed by atoms with Gasteiger partial charge in [-0.2, -0.15) is 4.98 Å². The van der Waals surface area contributed by atoms with Gasteiger partial charge in [-0.15, -0.1) is 5.10 Å². The van der Waals surface area contributed by atoms with Crippen LogP contribution in [0.4, 0.5) is 10.5 Å². The Balaban J connectivity index is 1.34. The Hall–Kier alpha value is -2.91. The zero-order valence-corrected chi connectivity index (χ0v) is 18.5. The van der Waals surface area contributed by atoms with E-state index < -0.39 is 0 Å². The Morgan fingerprint density at radius 2 is 1.93 bits per heavy atom. The van der Waals surface area contributed by atoms with Crippen molar-refractivity contribution in [3.8, 4) is 17.1 Å². The number of nitrogens with one attached hydrogen (secondary N) is 1. The average Bonchev–Trinajstić information content (AvgIpc) is 3.33. The van der Waals surface area contributed by atoms with Crippen LogP contribution in [0.5, 0.6) is 5.75 Å². The minimum Gasteiger partial charge on any atom is -0.497 e. The van der Waals surface area contributed by atoms with Gasteiger partial charge >= 0.3 is 6.03 Å². The van der Waals surface area contributed by atoms with E-state index in [1.807, 2.05) is 57.9 Å². The van der Waals surface area contributed by atoms with Crippen molar-refractivity contribution in [1.82, 2.24) is 19.5 Å². The molecule has 2 amide bonds. The smallest absolute Gasteiger partial charge is 0.322 e. The third-order valence-corrected chi connectivity index (χ3v) is 6.64. The Bertz CT molecular complexity index is 1220. The van der Waals surface area contributed by atoms with E-state index in [2.05, 4.69) is 21.2 Å². The Morgan fingerprint density at radius 1 is 1.17 bits per heavy atom. The van der Waals surface area contributed by atoms with Crippen molar-refractivity contribution in [2.75, 3.05) is 19.0 Å². The Morgan fingerprint density at radius 3 is 2.67 bits per heavy atom. The fourth-order valence-corrected chi connectivity index (χ4v) is 4.84. The molecule has 3 heterocycles. The molecule has 9 heteroatoms. The first kappa shape index (κ1) is 19.1. The molecule has 30 heavy (non-hydrogen) atoms. The molecular weight excluding hydrogens is 466 g/mol. The van der Waals surface area contributed by atoms with Crippen LogP contribution in [-0.4, -0.2) is 39.2 Å². The molecular formula is C21H18BrN5O2S. The maximum atomic E-state index is 12.7. The van der Waals surface area contributed by atoms with Gasteiger partial charge in [0.25, 0.3) is 0 Å². The summed E-state index contributed by atoms with van der Waals surface area (Å²) in [5, 5.41) is 7.67. The summed E-state index contributed by atoms with van der Waals surface area (Å²) < 4.78 is 8.11. The Labute approximate surface area is 185 Å². The molecule has 1 aliphatic rings. The number of hydrogen-bond donors (Lipinski definition) is 1. The lowest BCUT2D eigenvalue weighted by Crippen LogP contribution is -2.38. The van der Waals surface area contributed by atoms with Crippen LogP contribution in [0.1, 0.15) is 10.6 Å². The summed E-state index contributed by atoms with van der Waals surface area (Å²) in [6.45, 7) is 1.20. The van der Waals surface area contributed by atoms with Crippen molar-refractivity contribution >= 4 is 43.9 Å². The second kappa shape index (κ2) is 7.73. The highest BCUT2D eigenvalue weighted by molar-refractivity contribution is 9.10. The van der Waals surface area contributed by atoms with Crippen LogP contribution >= 0.6 is 27.3 Å². The number of amides is 2. The molecule has 0 fully saturated rings. The number of urea groups is 1. The molecule has 0 atom stereocenters. The molecule has 7 nitrogen and oxygen atoms in total. The van der Waals surface area contributed by atoms with Crippen LogP contribution in [0.15, 0.2) is 53.0 Å². The molecule has 1 N–H and O–H groups in total. The summed E-state index contributed by atoms with van der Waals surface area (Å²) in [4.78, 5) is 21.2. The summed E-state index contributed by atoms with van der Waals surface area (Å²) in [5.41, 5.74) is 2.86. The number of aromatic nitrogens is 3. The molecule has 0 spiro atoms. The number of halogens is 1. The molecule has 152 valence electrons. The number of ether oxygens (including phenoxy) is 1. The standard InChI is InChI=1S/C21H18BrN5O2S/c1-29-16-8-2-13(3-9-16)19-24-21-27(25-19)17-10-11-26(12-18(17)30-21)20(28)23-15-6-4-14(22)5-7-15/h2-9H,10-12H2,1H3,(H,23,28). The van der Waals surface area contributed by atoms with Crippen molar-refractivity contribution in [3.05, 3.63) is 63.6 Å². The lowest BCUT2D eigenvalue weighted by Gasteiger charge is -2.26. The maximum absolute atomic E-state index is 12.7. The predicted molar refractivity (Wildman–Crippen MR) is 120 cm³/mol. The monoisotopic (exact) mass is 483 g/mol. The number of carbonyl (C=O) groups is 1. The van der Waals surface area contributed by atoms with E-state index in [9.17, 15) is 4.79 Å². The van der Waals surface area contributed by atoms with Gasteiger partial charge in [0, 0.05) is 33.6 Å². The van der Waals surface area contributed by atoms with Crippen molar-refractivity contribution in [3.63, 3.8) is 0 Å². The van der Waals surface area contributed by atoms with Gasteiger partial charge in [0.05, 0.1) is 19.3 Å². The molecule has 0 saturated carbocycles. The summed E-state index contributed by atoms with van der Waals surface area (Å²) in [7, 11) is 1.65. The van der Waals surface area contributed by atoms with E-state index in [0.29, 0.717) is 18.9 Å². The predicted octanol–water partition coefficient (Wildman–Crippen LogP) is 4.82. The van der Waals surface area contributed by atoms with Crippen molar-refractivity contribution < 1.29 is 9.53 Å². The SMILES string of the molecule is COc1ccc(-c2nc3sc4c(n3n2)CCN(C(=O)Nc2ccc(Br)cc2)C4)cc1. The molecule has 0 radical (unpaired) electrons. The maximum Gasteiger partial charge on any atom is 0.322 e. The van der Waals surface area contributed by atoms with Crippen LogP contribution in [0.25, 0.3) is 16.3 Å². The average molecular weight is 484 g/mol. The van der Waals surface area contributed by atoms with Crippen molar-refractivity contribution in [2.24, 2.45) is 0 Å². The topological polar surface area (TPSA) is 71.8 Å². The van der Waals surface area contributed by atoms with E-state index in [0.717, 1.165) is 43.4 Å². The van der Waals surface area contributed by atoms with Gasteiger partial charge in [0.15, 0.2) is 5.82 Å². The first-order valence-corrected chi connectivity index (χ1v) is 11.0. The minimum atomic E-state index is -0.0964. The van der Waals surface area contributed by atoms with Crippen LogP contribution in [0.3, 0.4) is 0 Å². The highest BCUT2D eigenvalue weighted by atomic mass is 79.9. The molecule has 0 saturated heterocycles. The molecule has 2 aromatic heterocycles. The second-order valence-electron chi connectivity index (χ2n) is 6.94. The fourth-order valence-electron chi connectivity index (χ4n) is 3.46. The first-order valence-electron chi connectivity index (χ1n) is 9.44. The normalized spacial score (nSPS) is 13.3. The fraction of sp³-hybridized carbons (Fsp3) is 0.190. The lowest BCUT2D eigenvalue weighted by molar-refractivity contribution is 0.206. The number of fused-ring (bicyclic) bond motifs is 3. The number of benzene rings is 2. The van der Waals surface area contributed by atoms with Gasteiger partial charge < -0.3 is 15.0 Å². The summed E-state index contributed by atoms with van der Waals surface area (Å²) >= 11 is 4.99. The van der Waals surface area contributed by atoms with Gasteiger partial charge in [-0.05, 0) is 48.5 Å². The molecule has 5 rings (SSSR count). The largest absolute Gasteiger partial charge is 0.497 e. The highest BCUT2D eigenvalue weighted by Gasteiger charge is 2.26. The molecule has 0 bridgehead atoms. The zero-order valence-electron chi connectivity index (χ0n) is 16.1. The van der Waals surface area contributed by atoms with E-state index in [4.69, 9.17) is 14.8 Å². The molecule has 1 aliphatic heterocycles. The quantitative estimate of drug-likeness (QED) is 0.453. The second-order valence-corrected chi connectivity index (χ2v) is 8.92. The molecule has 4 aromatic rings. The van der Waals surface area contributed by atoms with Gasteiger partial charge in [-0.1, -0.05) is 27.3 Å². The summed E-state index contributed by atoms with van der Waals surface area (Å²) in [6, 6.07) is 15.2. The minimum absolute atomic E-state index is 0.0964. The number of anilines is 1. The molecule has 2 aromatic carbocycles. The summed E-state index contributed by atoms with van der Waals surface area (Å²) in [5.74, 6) is 1.50. The number of rotatable bonds is 3. The summed E-state index contributed by atoms with van der Waals surface area (Å²) in [6.07, 6.45) is 0.745. The van der Waals surface area contributed by atoms with Crippen LogP contribution < -0.4 is 10.1 Å². The van der Waals surface area contributed by atoms with Gasteiger partial charge in [-0.25, -0.2) is 9.31 Å². The van der Waals surface area contributed by atoms with Crippen molar-refractivity contribution in [1.29, 1.82) is 0 Å².